The lowest BCUT2D eigenvalue weighted by Crippen LogP contribution is -2.39. The Morgan fingerprint density at radius 1 is 0.952 bits per heavy atom. The average Bonchev–Trinajstić information content (AvgIpc) is 2.72. The number of rotatable bonds is 1. The van der Waals surface area contributed by atoms with Crippen molar-refractivity contribution in [2.75, 3.05) is 26.2 Å². The summed E-state index contributed by atoms with van der Waals surface area (Å²) in [4.78, 5) is 28.3. The summed E-state index contributed by atoms with van der Waals surface area (Å²) in [5.74, 6) is 0.179. The number of likely N-dealkylation sites (tertiary alicyclic amines) is 2. The van der Waals surface area contributed by atoms with Gasteiger partial charge in [-0.15, -0.1) is 0 Å². The van der Waals surface area contributed by atoms with Crippen LogP contribution in [0, 0.1) is 5.92 Å². The minimum absolute atomic E-state index is 0.0457. The van der Waals surface area contributed by atoms with Crippen molar-refractivity contribution in [1.29, 1.82) is 0 Å². The van der Waals surface area contributed by atoms with Crippen LogP contribution in [0.3, 0.4) is 0 Å². The van der Waals surface area contributed by atoms with E-state index in [4.69, 9.17) is 4.74 Å². The molecule has 21 heavy (non-hydrogen) atoms. The second-order valence-electron chi connectivity index (χ2n) is 7.15. The van der Waals surface area contributed by atoms with Gasteiger partial charge in [0.1, 0.15) is 5.60 Å². The number of ether oxygens (including phenoxy) is 1. The van der Waals surface area contributed by atoms with Gasteiger partial charge in [0.2, 0.25) is 5.91 Å². The van der Waals surface area contributed by atoms with Crippen LogP contribution in [0.15, 0.2) is 0 Å². The van der Waals surface area contributed by atoms with Crippen LogP contribution in [0.4, 0.5) is 4.79 Å². The highest BCUT2D eigenvalue weighted by Gasteiger charge is 2.35. The second kappa shape index (κ2) is 6.67. The van der Waals surface area contributed by atoms with Gasteiger partial charge in [-0.3, -0.25) is 4.79 Å². The summed E-state index contributed by atoms with van der Waals surface area (Å²) in [6.45, 7) is 8.47. The third-order valence-corrected chi connectivity index (χ3v) is 4.11. The maximum absolute atomic E-state index is 12.6. The Hall–Kier alpha value is -1.26. The van der Waals surface area contributed by atoms with E-state index in [1.807, 2.05) is 25.7 Å². The summed E-state index contributed by atoms with van der Waals surface area (Å²) in [5, 5.41) is 0. The Kier molecular flexibility index (Phi) is 5.12. The second-order valence-corrected chi connectivity index (χ2v) is 7.15. The van der Waals surface area contributed by atoms with Crippen LogP contribution in [-0.4, -0.2) is 53.6 Å². The fraction of sp³-hybridized carbons (Fsp3) is 0.875. The van der Waals surface area contributed by atoms with E-state index in [1.165, 1.54) is 12.8 Å². The molecule has 2 aliphatic rings. The molecule has 0 aliphatic carbocycles. The molecule has 2 rings (SSSR count). The highest BCUT2D eigenvalue weighted by Crippen LogP contribution is 2.22. The number of hydrogen-bond donors (Lipinski definition) is 0. The van der Waals surface area contributed by atoms with E-state index in [-0.39, 0.29) is 17.9 Å². The van der Waals surface area contributed by atoms with Crippen LogP contribution in [0.5, 0.6) is 0 Å². The molecule has 0 saturated carbocycles. The molecule has 0 bridgehead atoms. The Labute approximate surface area is 127 Å². The van der Waals surface area contributed by atoms with Crippen LogP contribution < -0.4 is 0 Å². The zero-order valence-corrected chi connectivity index (χ0v) is 13.6. The molecule has 2 fully saturated rings. The first kappa shape index (κ1) is 16.1. The molecule has 5 heteroatoms. The molecule has 2 saturated heterocycles. The topological polar surface area (TPSA) is 49.9 Å². The van der Waals surface area contributed by atoms with Crippen LogP contribution in [0.2, 0.25) is 0 Å². The van der Waals surface area contributed by atoms with Crippen molar-refractivity contribution in [3.8, 4) is 0 Å². The lowest BCUT2D eigenvalue weighted by molar-refractivity contribution is -0.135. The Morgan fingerprint density at radius 3 is 2.14 bits per heavy atom. The van der Waals surface area contributed by atoms with Gasteiger partial charge in [-0.1, -0.05) is 12.8 Å². The maximum Gasteiger partial charge on any atom is 0.410 e. The molecule has 0 N–H and O–H groups in total. The molecule has 2 heterocycles. The van der Waals surface area contributed by atoms with Gasteiger partial charge in [0, 0.05) is 26.2 Å². The molecule has 0 aromatic heterocycles. The normalized spacial score (nSPS) is 23.9. The lowest BCUT2D eigenvalue weighted by atomic mass is 10.1. The maximum atomic E-state index is 12.6. The van der Waals surface area contributed by atoms with Crippen LogP contribution in [-0.2, 0) is 9.53 Å². The average molecular weight is 296 g/mol. The van der Waals surface area contributed by atoms with Gasteiger partial charge < -0.3 is 14.5 Å². The van der Waals surface area contributed by atoms with Crippen molar-refractivity contribution in [2.24, 2.45) is 5.92 Å². The highest BCUT2D eigenvalue weighted by atomic mass is 16.6. The van der Waals surface area contributed by atoms with E-state index in [0.717, 1.165) is 32.4 Å². The smallest absolute Gasteiger partial charge is 0.410 e. The van der Waals surface area contributed by atoms with E-state index in [9.17, 15) is 9.59 Å². The van der Waals surface area contributed by atoms with Crippen molar-refractivity contribution in [3.05, 3.63) is 0 Å². The lowest BCUT2D eigenvalue weighted by Gasteiger charge is -2.26. The molecule has 1 atom stereocenters. The zero-order chi connectivity index (χ0) is 15.5. The predicted octanol–water partition coefficient (Wildman–Crippen LogP) is 2.65. The van der Waals surface area contributed by atoms with Gasteiger partial charge in [-0.05, 0) is 40.0 Å². The minimum Gasteiger partial charge on any atom is -0.444 e. The first-order valence-electron chi connectivity index (χ1n) is 8.13. The summed E-state index contributed by atoms with van der Waals surface area (Å²) < 4.78 is 5.38. The van der Waals surface area contributed by atoms with Crippen molar-refractivity contribution in [1.82, 2.24) is 9.80 Å². The van der Waals surface area contributed by atoms with Crippen LogP contribution in [0.1, 0.15) is 52.9 Å². The van der Waals surface area contributed by atoms with Gasteiger partial charge in [0.05, 0.1) is 5.92 Å². The number of amides is 2. The third-order valence-electron chi connectivity index (χ3n) is 4.11. The van der Waals surface area contributed by atoms with Crippen LogP contribution >= 0.6 is 0 Å². The summed E-state index contributed by atoms with van der Waals surface area (Å²) >= 11 is 0. The van der Waals surface area contributed by atoms with E-state index >= 15 is 0 Å². The van der Waals surface area contributed by atoms with Crippen molar-refractivity contribution < 1.29 is 14.3 Å². The minimum atomic E-state index is -0.482. The Morgan fingerprint density at radius 2 is 1.57 bits per heavy atom. The Bertz CT molecular complexity index is 381. The number of nitrogens with zero attached hydrogens (tertiary/aromatic N) is 2. The van der Waals surface area contributed by atoms with Crippen molar-refractivity contribution in [2.45, 2.75) is 58.5 Å². The molecule has 120 valence electrons. The molecule has 0 aromatic rings. The molecule has 2 aliphatic heterocycles. The largest absolute Gasteiger partial charge is 0.444 e. The first-order valence-corrected chi connectivity index (χ1v) is 8.13. The number of carbonyl (C=O) groups excluding carboxylic acids is 2. The zero-order valence-electron chi connectivity index (χ0n) is 13.6. The predicted molar refractivity (Wildman–Crippen MR) is 81.0 cm³/mol. The molecule has 0 radical (unpaired) electrons. The molecular formula is C16H28N2O3. The standard InChI is InChI=1S/C16H28N2O3/c1-16(2,3)21-15(20)18-11-8-13(12-18)14(19)17-9-6-4-5-7-10-17/h13H,4-12H2,1-3H3. The monoisotopic (exact) mass is 296 g/mol. The summed E-state index contributed by atoms with van der Waals surface area (Å²) in [5.41, 5.74) is -0.482. The molecule has 0 spiro atoms. The van der Waals surface area contributed by atoms with Crippen molar-refractivity contribution in [3.63, 3.8) is 0 Å². The quantitative estimate of drug-likeness (QED) is 0.747. The number of hydrogen-bond acceptors (Lipinski definition) is 3. The Balaban J connectivity index is 1.86. The summed E-state index contributed by atoms with van der Waals surface area (Å²) in [6, 6.07) is 0. The van der Waals surface area contributed by atoms with Gasteiger partial charge >= 0.3 is 6.09 Å². The van der Waals surface area contributed by atoms with Crippen LogP contribution in [0.25, 0.3) is 0 Å². The summed E-state index contributed by atoms with van der Waals surface area (Å²) in [6.07, 6.45) is 5.11. The SMILES string of the molecule is CC(C)(C)OC(=O)N1CCC(C(=O)N2CCCCCC2)C1. The molecule has 5 nitrogen and oxygen atoms in total. The fourth-order valence-electron chi connectivity index (χ4n) is 3.00. The van der Waals surface area contributed by atoms with E-state index in [1.54, 1.807) is 4.90 Å². The molecule has 0 aromatic carbocycles. The molecule has 2 amide bonds. The molecule has 1 unspecified atom stereocenters. The summed E-state index contributed by atoms with van der Waals surface area (Å²) in [7, 11) is 0. The fourth-order valence-corrected chi connectivity index (χ4v) is 3.00. The number of carbonyl (C=O) groups is 2. The van der Waals surface area contributed by atoms with E-state index in [2.05, 4.69) is 0 Å². The molecular weight excluding hydrogens is 268 g/mol. The van der Waals surface area contributed by atoms with Gasteiger partial charge in [-0.2, -0.15) is 0 Å². The van der Waals surface area contributed by atoms with E-state index in [0.29, 0.717) is 13.1 Å². The van der Waals surface area contributed by atoms with Gasteiger partial charge in [0.25, 0.3) is 0 Å². The van der Waals surface area contributed by atoms with E-state index < -0.39 is 5.60 Å². The first-order chi connectivity index (χ1) is 9.87. The third kappa shape index (κ3) is 4.61. The highest BCUT2D eigenvalue weighted by molar-refractivity contribution is 5.80. The van der Waals surface area contributed by atoms with Gasteiger partial charge in [-0.25, -0.2) is 4.79 Å². The van der Waals surface area contributed by atoms with Gasteiger partial charge in [0.15, 0.2) is 0 Å². The van der Waals surface area contributed by atoms with Crippen molar-refractivity contribution >= 4 is 12.0 Å².